The summed E-state index contributed by atoms with van der Waals surface area (Å²) in [6, 6.07) is 7.83. The first-order chi connectivity index (χ1) is 11.5. The van der Waals surface area contributed by atoms with Crippen molar-refractivity contribution < 1.29 is 4.79 Å². The van der Waals surface area contributed by atoms with E-state index >= 15 is 0 Å². The van der Waals surface area contributed by atoms with Crippen molar-refractivity contribution >= 4 is 17.3 Å². The molecule has 1 aromatic heterocycles. The van der Waals surface area contributed by atoms with E-state index in [4.69, 9.17) is 5.73 Å². The molecule has 0 fully saturated rings. The molecule has 0 spiro atoms. The molecule has 0 aliphatic carbocycles. The van der Waals surface area contributed by atoms with Crippen LogP contribution >= 0.6 is 0 Å². The van der Waals surface area contributed by atoms with Gasteiger partial charge in [0.1, 0.15) is 11.5 Å². The number of rotatable bonds is 7. The van der Waals surface area contributed by atoms with Gasteiger partial charge in [-0.3, -0.25) is 14.2 Å². The molecule has 6 nitrogen and oxygen atoms in total. The number of benzene rings is 1. The zero-order valence-electron chi connectivity index (χ0n) is 13.9. The van der Waals surface area contributed by atoms with E-state index in [-0.39, 0.29) is 22.6 Å². The second kappa shape index (κ2) is 7.68. The minimum Gasteiger partial charge on any atom is -0.385 e. The van der Waals surface area contributed by atoms with E-state index in [0.29, 0.717) is 36.3 Å². The lowest BCUT2D eigenvalue weighted by atomic mass is 10.0. The van der Waals surface area contributed by atoms with Crippen LogP contribution in [0.15, 0.2) is 40.3 Å². The fraction of sp³-hybridized carbons (Fsp3) is 0.333. The third-order valence-electron chi connectivity index (χ3n) is 3.80. The van der Waals surface area contributed by atoms with E-state index in [1.54, 1.807) is 28.8 Å². The van der Waals surface area contributed by atoms with Crippen molar-refractivity contribution in [1.29, 1.82) is 0 Å². The van der Waals surface area contributed by atoms with Crippen LogP contribution in [0.4, 0.5) is 11.5 Å². The fourth-order valence-electron chi connectivity index (χ4n) is 2.77. The van der Waals surface area contributed by atoms with Crippen molar-refractivity contribution in [3.63, 3.8) is 0 Å². The minimum atomic E-state index is -0.336. The minimum absolute atomic E-state index is 0.161. The Morgan fingerprint density at radius 3 is 2.38 bits per heavy atom. The van der Waals surface area contributed by atoms with E-state index in [0.717, 1.165) is 6.42 Å². The molecule has 6 heteroatoms. The van der Waals surface area contributed by atoms with Gasteiger partial charge >= 0.3 is 0 Å². The summed E-state index contributed by atoms with van der Waals surface area (Å²) >= 11 is 0. The molecule has 2 aromatic rings. The predicted octanol–water partition coefficient (Wildman–Crippen LogP) is 3.75. The Morgan fingerprint density at radius 1 is 1.17 bits per heavy atom. The molecule has 1 heterocycles. The summed E-state index contributed by atoms with van der Waals surface area (Å²) in [5.74, 6) is 0.106. The number of carbonyl (C=O) groups is 1. The molecule has 0 saturated carbocycles. The third-order valence-corrected chi connectivity index (χ3v) is 3.80. The van der Waals surface area contributed by atoms with Gasteiger partial charge in [-0.15, -0.1) is 4.91 Å². The summed E-state index contributed by atoms with van der Waals surface area (Å²) in [5.41, 5.74) is 7.55. The predicted molar refractivity (Wildman–Crippen MR) is 95.1 cm³/mol. The molecular formula is C18H21N3O3. The number of carbonyl (C=O) groups excluding carboxylic acids is 1. The lowest BCUT2D eigenvalue weighted by Gasteiger charge is -2.19. The van der Waals surface area contributed by atoms with Gasteiger partial charge in [-0.25, -0.2) is 0 Å². The summed E-state index contributed by atoms with van der Waals surface area (Å²) in [6.45, 7) is 3.88. The molecule has 2 N–H and O–H groups in total. The number of hydrogen-bond donors (Lipinski definition) is 1. The topological polar surface area (TPSA) is 94.5 Å². The molecule has 0 aliphatic rings. The summed E-state index contributed by atoms with van der Waals surface area (Å²) in [5, 5.41) is 2.88. The Kier molecular flexibility index (Phi) is 5.63. The van der Waals surface area contributed by atoms with E-state index < -0.39 is 0 Å². The number of hydrogen-bond acceptors (Lipinski definition) is 5. The Bertz CT molecular complexity index is 807. The van der Waals surface area contributed by atoms with E-state index in [9.17, 15) is 14.5 Å². The van der Waals surface area contributed by atoms with Crippen LogP contribution in [-0.2, 0) is 6.42 Å². The Hall–Kier alpha value is -2.76. The van der Waals surface area contributed by atoms with Crippen LogP contribution in [0.25, 0.3) is 5.69 Å². The normalized spacial score (nSPS) is 10.6. The average Bonchev–Trinajstić information content (AvgIpc) is 2.55. The number of ketones is 1. The van der Waals surface area contributed by atoms with Crippen molar-refractivity contribution in [3.8, 4) is 5.69 Å². The first kappa shape index (κ1) is 17.6. The number of anilines is 1. The van der Waals surface area contributed by atoms with Crippen LogP contribution in [0, 0.1) is 4.91 Å². The third kappa shape index (κ3) is 3.42. The lowest BCUT2D eigenvalue weighted by molar-refractivity contribution is 0.0979. The zero-order chi connectivity index (χ0) is 17.7. The standard InChI is InChI=1S/C18H21N3O3/c1-3-5-14-18(15(22)6-4-2)16(23)11-17(19)21(14)13-9-7-12(20-24)8-10-13/h7-11H,3-6,19H2,1-2H3. The molecule has 0 aliphatic heterocycles. The molecule has 0 bridgehead atoms. The summed E-state index contributed by atoms with van der Waals surface area (Å²) in [4.78, 5) is 35.4. The zero-order valence-corrected chi connectivity index (χ0v) is 13.9. The summed E-state index contributed by atoms with van der Waals surface area (Å²) in [6.07, 6.45) is 2.32. The Morgan fingerprint density at radius 2 is 1.83 bits per heavy atom. The number of nitrogens with two attached hydrogens (primary N) is 1. The van der Waals surface area contributed by atoms with Gasteiger partial charge in [0.15, 0.2) is 11.2 Å². The van der Waals surface area contributed by atoms with Gasteiger partial charge in [-0.2, -0.15) is 0 Å². The fourth-order valence-corrected chi connectivity index (χ4v) is 2.77. The average molecular weight is 327 g/mol. The number of pyridine rings is 1. The van der Waals surface area contributed by atoms with Gasteiger partial charge in [0.05, 0.1) is 5.56 Å². The maximum Gasteiger partial charge on any atom is 0.194 e. The number of nitrogen functional groups attached to an aromatic ring is 1. The van der Waals surface area contributed by atoms with Crippen molar-refractivity contribution in [3.05, 3.63) is 56.7 Å². The summed E-state index contributed by atoms with van der Waals surface area (Å²) in [7, 11) is 0. The van der Waals surface area contributed by atoms with Gasteiger partial charge in [-0.05, 0) is 42.3 Å². The van der Waals surface area contributed by atoms with Crippen LogP contribution in [0.5, 0.6) is 0 Å². The number of aromatic nitrogens is 1. The molecule has 2 rings (SSSR count). The van der Waals surface area contributed by atoms with Crippen molar-refractivity contribution in [2.45, 2.75) is 39.5 Å². The molecule has 0 atom stereocenters. The van der Waals surface area contributed by atoms with Gasteiger partial charge in [-0.1, -0.05) is 20.3 Å². The lowest BCUT2D eigenvalue weighted by Crippen LogP contribution is -2.24. The Balaban J connectivity index is 2.73. The van der Waals surface area contributed by atoms with Crippen LogP contribution in [0.2, 0.25) is 0 Å². The SMILES string of the molecule is CCCC(=O)c1c(CCC)n(-c2ccc(N=O)cc2)c(N)cc1=O. The first-order valence-corrected chi connectivity index (χ1v) is 8.04. The monoisotopic (exact) mass is 327 g/mol. The maximum atomic E-state index is 12.4. The molecule has 0 amide bonds. The van der Waals surface area contributed by atoms with Gasteiger partial charge in [0.25, 0.3) is 0 Å². The highest BCUT2D eigenvalue weighted by atomic mass is 16.3. The molecule has 1 aromatic carbocycles. The van der Waals surface area contributed by atoms with E-state index in [2.05, 4.69) is 5.18 Å². The Labute approximate surface area is 140 Å². The smallest absolute Gasteiger partial charge is 0.194 e. The van der Waals surface area contributed by atoms with Crippen molar-refractivity contribution in [2.24, 2.45) is 5.18 Å². The van der Waals surface area contributed by atoms with E-state index in [1.807, 2.05) is 13.8 Å². The van der Waals surface area contributed by atoms with Crippen molar-refractivity contribution in [2.75, 3.05) is 5.73 Å². The first-order valence-electron chi connectivity index (χ1n) is 8.04. The highest BCUT2D eigenvalue weighted by Crippen LogP contribution is 2.23. The van der Waals surface area contributed by atoms with Gasteiger partial charge in [0.2, 0.25) is 0 Å². The van der Waals surface area contributed by atoms with Gasteiger partial charge < -0.3 is 5.73 Å². The molecular weight excluding hydrogens is 306 g/mol. The quantitative estimate of drug-likeness (QED) is 0.619. The number of Topliss-reactive ketones (excluding diaryl/α,β-unsaturated/α-hetero) is 1. The molecule has 0 radical (unpaired) electrons. The summed E-state index contributed by atoms with van der Waals surface area (Å²) < 4.78 is 1.71. The number of nitroso groups, excluding NO2 is 1. The van der Waals surface area contributed by atoms with Crippen LogP contribution in [0.1, 0.15) is 49.2 Å². The van der Waals surface area contributed by atoms with Gasteiger partial charge in [0, 0.05) is 23.9 Å². The molecule has 0 saturated heterocycles. The highest BCUT2D eigenvalue weighted by molar-refractivity contribution is 5.97. The van der Waals surface area contributed by atoms with Crippen LogP contribution in [0.3, 0.4) is 0 Å². The maximum absolute atomic E-state index is 12.4. The van der Waals surface area contributed by atoms with Crippen LogP contribution in [-0.4, -0.2) is 10.4 Å². The molecule has 24 heavy (non-hydrogen) atoms. The van der Waals surface area contributed by atoms with E-state index in [1.165, 1.54) is 6.07 Å². The second-order valence-corrected chi connectivity index (χ2v) is 5.62. The number of nitrogens with zero attached hydrogens (tertiary/aromatic N) is 2. The van der Waals surface area contributed by atoms with Crippen molar-refractivity contribution in [1.82, 2.24) is 4.57 Å². The largest absolute Gasteiger partial charge is 0.385 e. The van der Waals surface area contributed by atoms with Crippen LogP contribution < -0.4 is 11.2 Å². The molecule has 126 valence electrons. The highest BCUT2D eigenvalue weighted by Gasteiger charge is 2.20. The second-order valence-electron chi connectivity index (χ2n) is 5.62. The molecule has 0 unspecified atom stereocenters.